The molecule has 0 saturated carbocycles. The molecular formula is C23H20N2O5S. The van der Waals surface area contributed by atoms with Crippen molar-refractivity contribution in [3.8, 4) is 0 Å². The number of anilines is 1. The van der Waals surface area contributed by atoms with Gasteiger partial charge in [0.1, 0.15) is 11.1 Å². The minimum atomic E-state index is -0.522. The predicted molar refractivity (Wildman–Crippen MR) is 117 cm³/mol. The Bertz CT molecular complexity index is 1100. The molecule has 2 amide bonds. The number of methoxy groups -OCH3 is 1. The van der Waals surface area contributed by atoms with Gasteiger partial charge in [0.25, 0.3) is 5.91 Å². The largest absolute Gasteiger partial charge is 0.467 e. The molecule has 4 rings (SSSR count). The molecule has 1 saturated heterocycles. The zero-order chi connectivity index (χ0) is 21.8. The van der Waals surface area contributed by atoms with Crippen LogP contribution in [0.15, 0.2) is 71.3 Å². The van der Waals surface area contributed by atoms with Crippen molar-refractivity contribution >= 4 is 35.2 Å². The van der Waals surface area contributed by atoms with E-state index in [9.17, 15) is 14.4 Å². The van der Waals surface area contributed by atoms with Gasteiger partial charge in [-0.15, -0.1) is 11.8 Å². The van der Waals surface area contributed by atoms with Crippen molar-refractivity contribution in [3.63, 3.8) is 0 Å². The van der Waals surface area contributed by atoms with Gasteiger partial charge in [-0.25, -0.2) is 4.79 Å². The van der Waals surface area contributed by atoms with Crippen LogP contribution in [-0.4, -0.2) is 35.5 Å². The van der Waals surface area contributed by atoms with Crippen molar-refractivity contribution in [2.24, 2.45) is 0 Å². The van der Waals surface area contributed by atoms with Crippen molar-refractivity contribution < 1.29 is 23.5 Å². The third kappa shape index (κ3) is 4.49. The highest BCUT2D eigenvalue weighted by Crippen LogP contribution is 2.39. The van der Waals surface area contributed by atoms with Gasteiger partial charge in [-0.1, -0.05) is 24.3 Å². The van der Waals surface area contributed by atoms with Crippen LogP contribution < -0.4 is 5.32 Å². The third-order valence-corrected chi connectivity index (χ3v) is 6.17. The number of hydrogen-bond donors (Lipinski definition) is 1. The van der Waals surface area contributed by atoms with Crippen molar-refractivity contribution in [1.82, 2.24) is 4.90 Å². The van der Waals surface area contributed by atoms with Crippen LogP contribution >= 0.6 is 11.8 Å². The zero-order valence-corrected chi connectivity index (χ0v) is 17.6. The summed E-state index contributed by atoms with van der Waals surface area (Å²) in [5.41, 5.74) is 2.03. The molecule has 2 aromatic carbocycles. The van der Waals surface area contributed by atoms with Crippen molar-refractivity contribution in [1.29, 1.82) is 0 Å². The van der Waals surface area contributed by atoms with E-state index in [1.807, 2.05) is 18.2 Å². The molecule has 1 N–H and O–H groups in total. The first-order valence-electron chi connectivity index (χ1n) is 9.59. The molecule has 1 aliphatic heterocycles. The summed E-state index contributed by atoms with van der Waals surface area (Å²) >= 11 is 1.54. The summed E-state index contributed by atoms with van der Waals surface area (Å²) in [6.45, 7) is 0.399. The van der Waals surface area contributed by atoms with Gasteiger partial charge < -0.3 is 19.4 Å². The van der Waals surface area contributed by atoms with Crippen molar-refractivity contribution in [3.05, 3.63) is 89.4 Å². The molecule has 2 heterocycles. The summed E-state index contributed by atoms with van der Waals surface area (Å²) in [6.07, 6.45) is 1.59. The number of para-hydroxylation sites is 1. The second kappa shape index (κ2) is 9.09. The number of carbonyl (C=O) groups excluding carboxylic acids is 3. The standard InChI is InChI=1S/C23H20N2O5S/c1-29-23(28)18-6-2-3-7-19(18)24-21(27)15-8-10-16(11-9-15)22-25(20(26)14-31-22)13-17-5-4-12-30-17/h2-12,22H,13-14H2,1H3,(H,24,27)/t22-/m1/s1. The first-order chi connectivity index (χ1) is 15.1. The minimum Gasteiger partial charge on any atom is -0.467 e. The fraction of sp³-hybridized carbons (Fsp3) is 0.174. The van der Waals surface area contributed by atoms with Gasteiger partial charge in [0.2, 0.25) is 5.91 Å². The van der Waals surface area contributed by atoms with E-state index in [0.29, 0.717) is 23.5 Å². The maximum Gasteiger partial charge on any atom is 0.339 e. The number of benzene rings is 2. The van der Waals surface area contributed by atoms with E-state index in [1.54, 1.807) is 65.4 Å². The molecular weight excluding hydrogens is 416 g/mol. The molecule has 8 heteroatoms. The summed E-state index contributed by atoms with van der Waals surface area (Å²) in [6, 6.07) is 17.4. The van der Waals surface area contributed by atoms with E-state index in [-0.39, 0.29) is 22.8 Å². The lowest BCUT2D eigenvalue weighted by molar-refractivity contribution is -0.128. The summed E-state index contributed by atoms with van der Waals surface area (Å²) in [5.74, 6) is 0.308. The summed E-state index contributed by atoms with van der Waals surface area (Å²) in [7, 11) is 1.29. The molecule has 3 aromatic rings. The van der Waals surface area contributed by atoms with E-state index in [1.165, 1.54) is 7.11 Å². The molecule has 1 fully saturated rings. The number of nitrogens with zero attached hydrogens (tertiary/aromatic N) is 1. The van der Waals surface area contributed by atoms with E-state index >= 15 is 0 Å². The van der Waals surface area contributed by atoms with Crippen LogP contribution in [-0.2, 0) is 16.1 Å². The number of rotatable bonds is 6. The van der Waals surface area contributed by atoms with Crippen molar-refractivity contribution in [2.75, 3.05) is 18.2 Å². The first-order valence-corrected chi connectivity index (χ1v) is 10.6. The Morgan fingerprint density at radius 3 is 2.61 bits per heavy atom. The topological polar surface area (TPSA) is 88.8 Å². The SMILES string of the molecule is COC(=O)c1ccccc1NC(=O)c1ccc([C@H]2SCC(=O)N2Cc2ccco2)cc1. The highest BCUT2D eigenvalue weighted by Gasteiger charge is 2.33. The number of hydrogen-bond acceptors (Lipinski definition) is 6. The molecule has 0 aliphatic carbocycles. The van der Waals surface area contributed by atoms with E-state index < -0.39 is 5.97 Å². The molecule has 31 heavy (non-hydrogen) atoms. The Kier molecular flexibility index (Phi) is 6.08. The quantitative estimate of drug-likeness (QED) is 0.586. The monoisotopic (exact) mass is 436 g/mol. The van der Waals surface area contributed by atoms with Crippen LogP contribution in [0.25, 0.3) is 0 Å². The molecule has 0 spiro atoms. The lowest BCUT2D eigenvalue weighted by atomic mass is 10.1. The molecule has 158 valence electrons. The van der Waals surface area contributed by atoms with Crippen LogP contribution in [0.3, 0.4) is 0 Å². The van der Waals surface area contributed by atoms with Crippen LogP contribution in [0.4, 0.5) is 5.69 Å². The fourth-order valence-electron chi connectivity index (χ4n) is 3.35. The molecule has 1 atom stereocenters. The molecule has 0 unspecified atom stereocenters. The summed E-state index contributed by atoms with van der Waals surface area (Å²) < 4.78 is 10.1. The zero-order valence-electron chi connectivity index (χ0n) is 16.7. The number of esters is 1. The van der Waals surface area contributed by atoms with E-state index in [2.05, 4.69) is 5.32 Å². The van der Waals surface area contributed by atoms with Crippen LogP contribution in [0.1, 0.15) is 37.4 Å². The number of carbonyl (C=O) groups is 3. The van der Waals surface area contributed by atoms with Crippen LogP contribution in [0, 0.1) is 0 Å². The van der Waals surface area contributed by atoms with E-state index in [0.717, 1.165) is 11.3 Å². The number of nitrogens with one attached hydrogen (secondary N) is 1. The Balaban J connectivity index is 1.49. The Morgan fingerprint density at radius 1 is 1.13 bits per heavy atom. The smallest absolute Gasteiger partial charge is 0.339 e. The second-order valence-electron chi connectivity index (χ2n) is 6.88. The Labute approximate surface area is 183 Å². The maximum absolute atomic E-state index is 12.7. The Hall–Kier alpha value is -3.52. The average Bonchev–Trinajstić information content (AvgIpc) is 3.44. The van der Waals surface area contributed by atoms with E-state index in [4.69, 9.17) is 9.15 Å². The summed E-state index contributed by atoms with van der Waals surface area (Å²) in [5, 5.41) is 2.61. The number of ether oxygens (including phenoxy) is 1. The molecule has 0 bridgehead atoms. The average molecular weight is 436 g/mol. The van der Waals surface area contributed by atoms with Gasteiger partial charge in [0, 0.05) is 5.56 Å². The highest BCUT2D eigenvalue weighted by molar-refractivity contribution is 8.00. The number of amides is 2. The lowest BCUT2D eigenvalue weighted by Crippen LogP contribution is -2.27. The molecule has 7 nitrogen and oxygen atoms in total. The summed E-state index contributed by atoms with van der Waals surface area (Å²) in [4.78, 5) is 38.7. The second-order valence-corrected chi connectivity index (χ2v) is 7.95. The van der Waals surface area contributed by atoms with Gasteiger partial charge >= 0.3 is 5.97 Å². The predicted octanol–water partition coefficient (Wildman–Crippen LogP) is 4.09. The van der Waals surface area contributed by atoms with Gasteiger partial charge in [0.05, 0.1) is 36.9 Å². The van der Waals surface area contributed by atoms with Crippen LogP contribution in [0.2, 0.25) is 0 Å². The highest BCUT2D eigenvalue weighted by atomic mass is 32.2. The first kappa shape index (κ1) is 20.7. The minimum absolute atomic E-state index is 0.0487. The number of thioether (sulfide) groups is 1. The molecule has 1 aliphatic rings. The maximum atomic E-state index is 12.7. The third-order valence-electron chi connectivity index (χ3n) is 4.91. The molecule has 1 aromatic heterocycles. The van der Waals surface area contributed by atoms with Gasteiger partial charge in [-0.2, -0.15) is 0 Å². The fourth-order valence-corrected chi connectivity index (χ4v) is 4.53. The number of furan rings is 1. The lowest BCUT2D eigenvalue weighted by Gasteiger charge is -2.23. The van der Waals surface area contributed by atoms with Crippen molar-refractivity contribution in [2.45, 2.75) is 11.9 Å². The van der Waals surface area contributed by atoms with Gasteiger partial charge in [0.15, 0.2) is 0 Å². The van der Waals surface area contributed by atoms with Gasteiger partial charge in [-0.3, -0.25) is 9.59 Å². The molecule has 0 radical (unpaired) electrons. The van der Waals surface area contributed by atoms with Crippen LogP contribution in [0.5, 0.6) is 0 Å². The Morgan fingerprint density at radius 2 is 1.90 bits per heavy atom. The van der Waals surface area contributed by atoms with Gasteiger partial charge in [-0.05, 0) is 42.0 Å². The normalized spacial score (nSPS) is 15.7.